The van der Waals surface area contributed by atoms with Crippen LogP contribution in [0, 0.1) is 22.7 Å². The Morgan fingerprint density at radius 2 is 0.480 bits per heavy atom. The van der Waals surface area contributed by atoms with E-state index < -0.39 is 205 Å². The number of aromatic nitrogens is 2. The Morgan fingerprint density at radius 3 is 0.706 bits per heavy atom. The molecule has 0 spiro atoms. The zero-order valence-electron chi connectivity index (χ0n) is 49.7. The van der Waals surface area contributed by atoms with Gasteiger partial charge in [-0.2, -0.15) is 129 Å². The van der Waals surface area contributed by atoms with Gasteiger partial charge in [-0.05, 0) is 172 Å². The highest BCUT2D eigenvalue weighted by atomic mass is 19.4. The number of fused-ring (bicyclic) bond motifs is 6. The van der Waals surface area contributed by atoms with Gasteiger partial charge in [-0.3, -0.25) is 0 Å². The highest BCUT2D eigenvalue weighted by Gasteiger charge is 2.44. The Morgan fingerprint density at radius 1 is 0.235 bits per heavy atom. The molecule has 0 unspecified atom stereocenters. The molecule has 2 aromatic heterocycles. The van der Waals surface area contributed by atoms with Gasteiger partial charge in [-0.15, -0.1) is 0 Å². The second-order valence-corrected chi connectivity index (χ2v) is 23.0. The van der Waals surface area contributed by atoms with Gasteiger partial charge in [-0.1, -0.05) is 48.5 Å². The van der Waals surface area contributed by atoms with Crippen molar-refractivity contribution in [1.29, 1.82) is 10.5 Å². The van der Waals surface area contributed by atoms with Gasteiger partial charge in [0.2, 0.25) is 0 Å². The molecule has 2 heterocycles. The number of hydrogen-bond donors (Lipinski definition) is 0. The first-order chi connectivity index (χ1) is 47.2. The first-order valence-electron chi connectivity index (χ1n) is 28.7. The van der Waals surface area contributed by atoms with E-state index in [1.54, 1.807) is 6.07 Å². The Hall–Kier alpha value is -11.1. The Labute approximate surface area is 552 Å². The maximum atomic E-state index is 15.2. The van der Waals surface area contributed by atoms with Crippen molar-refractivity contribution in [3.63, 3.8) is 0 Å². The fourth-order valence-electron chi connectivity index (χ4n) is 12.4. The van der Waals surface area contributed by atoms with Crippen LogP contribution in [0.5, 0.6) is 0 Å². The van der Waals surface area contributed by atoms with E-state index in [4.69, 9.17) is 0 Å². The lowest BCUT2D eigenvalue weighted by molar-refractivity contribution is -0.144. The second-order valence-electron chi connectivity index (χ2n) is 23.0. The molecule has 0 N–H and O–H groups in total. The molecule has 0 saturated heterocycles. The van der Waals surface area contributed by atoms with Crippen LogP contribution >= 0.6 is 0 Å². The molecule has 12 rings (SSSR count). The van der Waals surface area contributed by atoms with Crippen molar-refractivity contribution in [3.05, 3.63) is 237 Å². The maximum absolute atomic E-state index is 15.2. The molecule has 0 radical (unpaired) electrons. The van der Waals surface area contributed by atoms with Crippen LogP contribution in [0.1, 0.15) is 61.2 Å². The molecule has 0 aliphatic heterocycles. The minimum absolute atomic E-state index is 0.244. The van der Waals surface area contributed by atoms with Gasteiger partial charge in [0.1, 0.15) is 0 Å². The predicted molar refractivity (Wildman–Crippen MR) is 317 cm³/mol. The summed E-state index contributed by atoms with van der Waals surface area (Å²) < 4.78 is 396. The van der Waals surface area contributed by atoms with Crippen molar-refractivity contribution in [2.75, 3.05) is 0 Å². The molecule has 0 saturated carbocycles. The Kier molecular flexibility index (Phi) is 16.5. The van der Waals surface area contributed by atoms with Crippen LogP contribution in [0.3, 0.4) is 0 Å². The summed E-state index contributed by atoms with van der Waals surface area (Å²) in [6.07, 6.45) is -49.2. The molecule has 0 aliphatic rings. The number of nitriles is 2. The molecule has 0 aliphatic carbocycles. The summed E-state index contributed by atoms with van der Waals surface area (Å²) in [4.78, 5) is 0. The van der Waals surface area contributed by atoms with Crippen molar-refractivity contribution in [2.45, 2.75) is 55.6 Å². The third-order valence-corrected chi connectivity index (χ3v) is 16.8. The lowest BCUT2D eigenvalue weighted by atomic mass is 9.92. The van der Waals surface area contributed by atoms with E-state index in [1.165, 1.54) is 0 Å². The summed E-state index contributed by atoms with van der Waals surface area (Å²) >= 11 is 0. The van der Waals surface area contributed by atoms with E-state index in [1.807, 2.05) is 6.07 Å². The van der Waals surface area contributed by atoms with Crippen LogP contribution in [0.15, 0.2) is 176 Å². The standard InChI is InChI=1S/C71H29F27N4/c72-63(73,74)38-6-1-37(31-100)47(25-38)62-60(101-56-15-2-33(43-11-7-39(64(75,76)77)26-52(43)68(87,88)89)21-48(56)49-22-34(3-16-57(49)101)44-12-8-40(65(78,79)80)27-53(44)69(90,91)92)19-32(30-99)20-61(62)102-58-17-4-35(45-13-9-41(66(81,82)83)28-54(45)70(93,94)95)23-50(58)51-24-36(5-18-59(51)102)46-14-10-42(67(84,85)86)29-55(46)71(96,97)98/h1-29H. The third kappa shape index (κ3) is 12.8. The van der Waals surface area contributed by atoms with Crippen molar-refractivity contribution >= 4 is 43.6 Å². The molecule has 10 aromatic carbocycles. The summed E-state index contributed by atoms with van der Waals surface area (Å²) in [6.45, 7) is 0. The van der Waals surface area contributed by atoms with E-state index >= 15 is 13.2 Å². The van der Waals surface area contributed by atoms with Crippen molar-refractivity contribution in [3.8, 4) is 79.1 Å². The van der Waals surface area contributed by atoms with Gasteiger partial charge in [0.05, 0.1) is 107 Å². The first-order valence-corrected chi connectivity index (χ1v) is 28.7. The summed E-state index contributed by atoms with van der Waals surface area (Å²) in [7, 11) is 0. The number of alkyl halides is 27. The smallest absolute Gasteiger partial charge is 0.308 e. The van der Waals surface area contributed by atoms with Crippen LogP contribution in [-0.2, 0) is 55.6 Å². The normalized spacial score (nSPS) is 13.2. The molecular weight excluding hydrogens is 1420 g/mol. The molecule has 102 heavy (non-hydrogen) atoms. The highest BCUT2D eigenvalue weighted by molar-refractivity contribution is 6.15. The lowest BCUT2D eigenvalue weighted by Crippen LogP contribution is -2.12. The minimum atomic E-state index is -5.59. The van der Waals surface area contributed by atoms with Crippen molar-refractivity contribution in [2.24, 2.45) is 0 Å². The second kappa shape index (κ2) is 23.8. The fourth-order valence-corrected chi connectivity index (χ4v) is 12.4. The average Bonchev–Trinajstić information content (AvgIpc) is 1.54. The molecule has 0 amide bonds. The molecule has 31 heteroatoms. The number of halogens is 27. The monoisotopic (exact) mass is 1450 g/mol. The molecule has 4 nitrogen and oxygen atoms in total. The third-order valence-electron chi connectivity index (χ3n) is 16.8. The van der Waals surface area contributed by atoms with E-state index in [9.17, 15) is 116 Å². The van der Waals surface area contributed by atoms with Gasteiger partial charge in [0, 0.05) is 32.7 Å². The minimum Gasteiger partial charge on any atom is -0.308 e. The molecule has 12 aromatic rings. The molecule has 0 bridgehead atoms. The van der Waals surface area contributed by atoms with Crippen LogP contribution in [0.2, 0.25) is 0 Å². The number of nitrogens with zero attached hydrogens (tertiary/aromatic N) is 4. The SMILES string of the molecule is N#Cc1cc(-n2c3ccc(-c4ccc(C(F)(F)F)cc4C(F)(F)F)cc3c3cc(-c4ccc(C(F)(F)F)cc4C(F)(F)F)ccc32)c(-c2cc(C(F)(F)F)ccc2C#N)c(-n2c3ccc(-c4ccc(C(F)(F)F)cc4C(F)(F)F)cc3c3cc(-c4ccc(C(F)(F)F)cc4C(F)(F)F)ccc32)c1. The maximum Gasteiger partial charge on any atom is 0.417 e. The Bertz CT molecular complexity index is 4970. The lowest BCUT2D eigenvalue weighted by Gasteiger charge is -2.22. The van der Waals surface area contributed by atoms with Gasteiger partial charge in [-0.25, -0.2) is 0 Å². The first kappa shape index (κ1) is 70.7. The van der Waals surface area contributed by atoms with Gasteiger partial charge >= 0.3 is 55.6 Å². The quantitative estimate of drug-likeness (QED) is 0.149. The predicted octanol–water partition coefficient (Wildman–Crippen LogP) is 25.1. The van der Waals surface area contributed by atoms with E-state index in [-0.39, 0.29) is 70.6 Å². The molecule has 522 valence electrons. The van der Waals surface area contributed by atoms with Gasteiger partial charge in [0.15, 0.2) is 0 Å². The Balaban J connectivity index is 1.25. The molecule has 0 atom stereocenters. The number of hydrogen-bond acceptors (Lipinski definition) is 2. The highest BCUT2D eigenvalue weighted by Crippen LogP contribution is 2.52. The number of benzene rings is 10. The van der Waals surface area contributed by atoms with Crippen molar-refractivity contribution < 1.29 is 119 Å². The van der Waals surface area contributed by atoms with Gasteiger partial charge in [0.25, 0.3) is 0 Å². The molecule has 0 fully saturated rings. The zero-order valence-corrected chi connectivity index (χ0v) is 49.7. The summed E-state index contributed by atoms with van der Waals surface area (Å²) in [5.41, 5.74) is -28.1. The molecular formula is C71H29F27N4. The summed E-state index contributed by atoms with van der Waals surface area (Å²) in [5, 5.41) is 20.2. The fraction of sp³-hybridized carbons (Fsp3) is 0.127. The topological polar surface area (TPSA) is 57.4 Å². The van der Waals surface area contributed by atoms with Crippen LogP contribution in [0.25, 0.3) is 111 Å². The van der Waals surface area contributed by atoms with E-state index in [0.29, 0.717) is 42.5 Å². The average molecular weight is 1450 g/mol. The number of rotatable bonds is 7. The largest absolute Gasteiger partial charge is 0.417 e. The van der Waals surface area contributed by atoms with Crippen molar-refractivity contribution in [1.82, 2.24) is 9.13 Å². The summed E-state index contributed by atoms with van der Waals surface area (Å²) in [5.74, 6) is 0. The van der Waals surface area contributed by atoms with Crippen LogP contribution in [-0.4, -0.2) is 9.13 Å². The van der Waals surface area contributed by atoms with E-state index in [2.05, 4.69) is 0 Å². The van der Waals surface area contributed by atoms with Crippen LogP contribution in [0.4, 0.5) is 119 Å². The summed E-state index contributed by atoms with van der Waals surface area (Å²) in [6, 6.07) is 19.4. The van der Waals surface area contributed by atoms with E-state index in [0.717, 1.165) is 94.1 Å². The zero-order chi connectivity index (χ0) is 74.5. The van der Waals surface area contributed by atoms with Gasteiger partial charge < -0.3 is 9.13 Å². The van der Waals surface area contributed by atoms with Crippen LogP contribution < -0.4 is 0 Å².